The summed E-state index contributed by atoms with van der Waals surface area (Å²) in [5.74, 6) is 1.73. The van der Waals surface area contributed by atoms with Crippen LogP contribution in [0.3, 0.4) is 0 Å². The summed E-state index contributed by atoms with van der Waals surface area (Å²) in [7, 11) is 1.65. The number of fused-ring (bicyclic) bond motifs is 1. The Morgan fingerprint density at radius 1 is 1.18 bits per heavy atom. The van der Waals surface area contributed by atoms with Crippen LogP contribution in [0.5, 0.6) is 5.75 Å². The topological polar surface area (TPSA) is 88.1 Å². The molecule has 28 heavy (non-hydrogen) atoms. The Balaban J connectivity index is 1.39. The Hall–Kier alpha value is -3.04. The Bertz CT molecular complexity index is 1120. The van der Waals surface area contributed by atoms with Crippen molar-refractivity contribution in [2.45, 2.75) is 26.2 Å². The fraction of sp³-hybridized carbons (Fsp3) is 0.263. The van der Waals surface area contributed by atoms with Gasteiger partial charge in [0, 0.05) is 4.88 Å². The maximum absolute atomic E-state index is 6.05. The molecule has 0 radical (unpaired) electrons. The normalized spacial score (nSPS) is 16.1. The summed E-state index contributed by atoms with van der Waals surface area (Å²) in [6, 6.07) is 11.8. The van der Waals surface area contributed by atoms with Crippen LogP contribution in [0.2, 0.25) is 0 Å². The molecule has 1 aliphatic heterocycles. The molecule has 5 rings (SSSR count). The van der Waals surface area contributed by atoms with Crippen LogP contribution in [0.4, 0.5) is 0 Å². The fourth-order valence-corrected chi connectivity index (χ4v) is 3.96. The number of methoxy groups -OCH3 is 1. The molecule has 0 N–H and O–H groups in total. The molecule has 1 atom stereocenters. The highest BCUT2D eigenvalue weighted by Gasteiger charge is 2.27. The molecule has 142 valence electrons. The van der Waals surface area contributed by atoms with Crippen molar-refractivity contribution in [2.75, 3.05) is 7.11 Å². The van der Waals surface area contributed by atoms with Gasteiger partial charge in [-0.25, -0.2) is 4.68 Å². The average molecular weight is 395 g/mol. The van der Waals surface area contributed by atoms with E-state index in [4.69, 9.17) is 14.0 Å². The highest BCUT2D eigenvalue weighted by atomic mass is 32.1. The van der Waals surface area contributed by atoms with E-state index in [2.05, 4.69) is 20.5 Å². The number of nitrogens with zero attached hydrogens (tertiary/aromatic N) is 5. The van der Waals surface area contributed by atoms with Crippen molar-refractivity contribution in [1.29, 1.82) is 0 Å². The van der Waals surface area contributed by atoms with Crippen LogP contribution in [0.25, 0.3) is 22.3 Å². The van der Waals surface area contributed by atoms with Crippen LogP contribution in [0.1, 0.15) is 22.2 Å². The summed E-state index contributed by atoms with van der Waals surface area (Å²) in [4.78, 5) is 6.61. The molecule has 0 aliphatic carbocycles. The minimum Gasteiger partial charge on any atom is -0.497 e. The third-order valence-corrected chi connectivity index (χ3v) is 5.66. The van der Waals surface area contributed by atoms with Crippen LogP contribution in [-0.2, 0) is 17.9 Å². The van der Waals surface area contributed by atoms with Crippen LogP contribution >= 0.6 is 11.3 Å². The van der Waals surface area contributed by atoms with Crippen LogP contribution in [0.15, 0.2) is 40.9 Å². The van der Waals surface area contributed by atoms with Crippen LogP contribution in [-0.4, -0.2) is 32.2 Å². The van der Waals surface area contributed by atoms with Gasteiger partial charge in [0.05, 0.1) is 30.8 Å². The van der Waals surface area contributed by atoms with Gasteiger partial charge in [-0.1, -0.05) is 22.5 Å². The second-order valence-electron chi connectivity index (χ2n) is 6.47. The molecule has 8 nitrogen and oxygen atoms in total. The van der Waals surface area contributed by atoms with E-state index in [-0.39, 0.29) is 6.10 Å². The number of aryl methyl sites for hydroxylation is 1. The summed E-state index contributed by atoms with van der Waals surface area (Å²) in [6.45, 7) is 2.99. The lowest BCUT2D eigenvalue weighted by Crippen LogP contribution is -2.22. The van der Waals surface area contributed by atoms with Gasteiger partial charge in [0.15, 0.2) is 5.69 Å². The molecule has 0 fully saturated rings. The highest BCUT2D eigenvalue weighted by Crippen LogP contribution is 2.32. The maximum Gasteiger partial charge on any atom is 0.268 e. The first-order chi connectivity index (χ1) is 13.7. The molecular formula is C19H17N5O3S. The number of hydrogen-bond acceptors (Lipinski definition) is 8. The predicted octanol–water partition coefficient (Wildman–Crippen LogP) is 3.65. The average Bonchev–Trinajstić information content (AvgIpc) is 3.46. The SMILES string of the molecule is COc1ccc([C@@H]2Cn3nnc(-c4noc(-c5ccc(C)s5)n4)c3CO2)cc1. The highest BCUT2D eigenvalue weighted by molar-refractivity contribution is 7.15. The second-order valence-corrected chi connectivity index (χ2v) is 7.76. The van der Waals surface area contributed by atoms with Crippen molar-refractivity contribution in [3.8, 4) is 28.0 Å². The Labute approximate surface area is 164 Å². The summed E-state index contributed by atoms with van der Waals surface area (Å²) in [5, 5.41) is 12.6. The molecule has 0 saturated carbocycles. The fourth-order valence-electron chi connectivity index (χ4n) is 3.17. The van der Waals surface area contributed by atoms with Crippen molar-refractivity contribution >= 4 is 11.3 Å². The van der Waals surface area contributed by atoms with Gasteiger partial charge in [0.1, 0.15) is 11.9 Å². The number of hydrogen-bond donors (Lipinski definition) is 0. The van der Waals surface area contributed by atoms with E-state index >= 15 is 0 Å². The van der Waals surface area contributed by atoms with Gasteiger partial charge < -0.3 is 14.0 Å². The van der Waals surface area contributed by atoms with Crippen molar-refractivity contribution in [3.63, 3.8) is 0 Å². The lowest BCUT2D eigenvalue weighted by molar-refractivity contribution is -0.00114. The molecule has 3 aromatic heterocycles. The molecular weight excluding hydrogens is 378 g/mol. The van der Waals surface area contributed by atoms with Gasteiger partial charge in [0.2, 0.25) is 5.82 Å². The summed E-state index contributed by atoms with van der Waals surface area (Å²) in [5.41, 5.74) is 2.51. The Kier molecular flexibility index (Phi) is 4.18. The third kappa shape index (κ3) is 2.98. The van der Waals surface area contributed by atoms with Gasteiger partial charge in [-0.3, -0.25) is 0 Å². The van der Waals surface area contributed by atoms with Crippen molar-refractivity contribution in [2.24, 2.45) is 0 Å². The molecule has 9 heteroatoms. The molecule has 4 aromatic rings. The Morgan fingerprint density at radius 2 is 2.04 bits per heavy atom. The monoisotopic (exact) mass is 395 g/mol. The van der Waals surface area contributed by atoms with Crippen molar-refractivity contribution in [3.05, 3.63) is 52.5 Å². The predicted molar refractivity (Wildman–Crippen MR) is 102 cm³/mol. The molecule has 1 aliphatic rings. The number of rotatable bonds is 4. The summed E-state index contributed by atoms with van der Waals surface area (Å²) in [6.07, 6.45) is -0.0946. The van der Waals surface area contributed by atoms with E-state index in [0.717, 1.165) is 21.9 Å². The quantitative estimate of drug-likeness (QED) is 0.521. The lowest BCUT2D eigenvalue weighted by atomic mass is 10.1. The van der Waals surface area contributed by atoms with E-state index in [1.165, 1.54) is 4.88 Å². The molecule has 4 heterocycles. The first kappa shape index (κ1) is 17.1. The molecule has 0 bridgehead atoms. The summed E-state index contributed by atoms with van der Waals surface area (Å²) >= 11 is 1.61. The largest absolute Gasteiger partial charge is 0.497 e. The van der Waals surface area contributed by atoms with Gasteiger partial charge in [-0.2, -0.15) is 4.98 Å². The minimum atomic E-state index is -0.0946. The van der Waals surface area contributed by atoms with Gasteiger partial charge in [-0.05, 0) is 36.8 Å². The zero-order valence-corrected chi connectivity index (χ0v) is 16.1. The zero-order chi connectivity index (χ0) is 19.1. The first-order valence-corrected chi connectivity index (χ1v) is 9.61. The smallest absolute Gasteiger partial charge is 0.268 e. The number of aromatic nitrogens is 5. The molecule has 0 saturated heterocycles. The molecule has 0 unspecified atom stereocenters. The lowest BCUT2D eigenvalue weighted by Gasteiger charge is -2.24. The van der Waals surface area contributed by atoms with E-state index in [9.17, 15) is 0 Å². The third-order valence-electron chi connectivity index (χ3n) is 4.67. The standard InChI is InChI=1S/C19H17N5O3S/c1-11-3-8-16(28-11)19-20-18(22-27-19)17-14-10-26-15(9-24(14)23-21-17)12-4-6-13(25-2)7-5-12/h3-8,15H,9-10H2,1-2H3/t15-/m0/s1. The van der Waals surface area contributed by atoms with E-state index < -0.39 is 0 Å². The van der Waals surface area contributed by atoms with Crippen LogP contribution < -0.4 is 4.74 Å². The Morgan fingerprint density at radius 3 is 2.79 bits per heavy atom. The zero-order valence-electron chi connectivity index (χ0n) is 15.3. The maximum atomic E-state index is 6.05. The van der Waals surface area contributed by atoms with E-state index in [1.54, 1.807) is 18.4 Å². The first-order valence-electron chi connectivity index (χ1n) is 8.80. The molecule has 1 aromatic carbocycles. The summed E-state index contributed by atoms with van der Waals surface area (Å²) < 4.78 is 18.5. The number of ether oxygens (including phenoxy) is 2. The van der Waals surface area contributed by atoms with Crippen molar-refractivity contribution in [1.82, 2.24) is 25.1 Å². The second kappa shape index (κ2) is 6.84. The molecule has 0 amide bonds. The van der Waals surface area contributed by atoms with Gasteiger partial charge in [0.25, 0.3) is 5.89 Å². The minimum absolute atomic E-state index is 0.0946. The van der Waals surface area contributed by atoms with E-state index in [0.29, 0.717) is 30.6 Å². The van der Waals surface area contributed by atoms with Gasteiger partial charge in [-0.15, -0.1) is 16.4 Å². The van der Waals surface area contributed by atoms with Gasteiger partial charge >= 0.3 is 0 Å². The molecule has 0 spiro atoms. The number of thiophene rings is 1. The van der Waals surface area contributed by atoms with E-state index in [1.807, 2.05) is 48.0 Å². The number of benzene rings is 1. The van der Waals surface area contributed by atoms with Crippen LogP contribution in [0, 0.1) is 6.92 Å². The van der Waals surface area contributed by atoms with Crippen molar-refractivity contribution < 1.29 is 14.0 Å².